The highest BCUT2D eigenvalue weighted by atomic mass is 79.9. The van der Waals surface area contributed by atoms with Crippen LogP contribution in [0, 0.1) is 0 Å². The van der Waals surface area contributed by atoms with Gasteiger partial charge in [0, 0.05) is 17.4 Å². The number of aromatic nitrogens is 4. The van der Waals surface area contributed by atoms with Crippen LogP contribution in [0.25, 0.3) is 0 Å². The SMILES string of the molecule is CC(C(=O)Nc1nn(Cc2ccccc2Cl)cc1Br)n1cc(Cl)cn1. The Bertz CT molecular complexity index is 908. The van der Waals surface area contributed by atoms with Gasteiger partial charge in [-0.05, 0) is 34.5 Å². The van der Waals surface area contributed by atoms with Gasteiger partial charge in [0.1, 0.15) is 6.04 Å². The summed E-state index contributed by atoms with van der Waals surface area (Å²) in [6, 6.07) is 7.03. The molecule has 25 heavy (non-hydrogen) atoms. The van der Waals surface area contributed by atoms with E-state index in [0.29, 0.717) is 26.9 Å². The average Bonchev–Trinajstić information content (AvgIpc) is 3.15. The molecule has 9 heteroatoms. The minimum Gasteiger partial charge on any atom is -0.306 e. The standard InChI is InChI=1S/C16H14BrCl2N5O/c1-10(24-8-12(18)6-20-24)16(25)21-15-13(17)9-23(22-15)7-11-4-2-3-5-14(11)19/h2-6,8-10H,7H2,1H3,(H,21,22,25). The second-order valence-electron chi connectivity index (χ2n) is 5.42. The zero-order valence-electron chi connectivity index (χ0n) is 13.2. The highest BCUT2D eigenvalue weighted by molar-refractivity contribution is 9.10. The van der Waals surface area contributed by atoms with Gasteiger partial charge in [0.15, 0.2) is 5.82 Å². The van der Waals surface area contributed by atoms with Crippen LogP contribution >= 0.6 is 39.1 Å². The number of halogens is 3. The summed E-state index contributed by atoms with van der Waals surface area (Å²) in [6.45, 7) is 2.23. The van der Waals surface area contributed by atoms with E-state index in [1.807, 2.05) is 24.3 Å². The molecule has 0 spiro atoms. The Morgan fingerprint density at radius 1 is 1.32 bits per heavy atom. The number of rotatable bonds is 5. The minimum absolute atomic E-state index is 0.247. The van der Waals surface area contributed by atoms with Crippen molar-refractivity contribution >= 4 is 50.9 Å². The smallest absolute Gasteiger partial charge is 0.250 e. The van der Waals surface area contributed by atoms with Crippen molar-refractivity contribution in [3.63, 3.8) is 0 Å². The summed E-state index contributed by atoms with van der Waals surface area (Å²) in [5.41, 5.74) is 0.941. The van der Waals surface area contributed by atoms with E-state index in [1.54, 1.807) is 24.0 Å². The number of nitrogens with zero attached hydrogens (tertiary/aromatic N) is 4. The molecule has 0 aliphatic heterocycles. The monoisotopic (exact) mass is 441 g/mol. The third-order valence-corrected chi connectivity index (χ3v) is 4.74. The molecule has 0 fully saturated rings. The lowest BCUT2D eigenvalue weighted by atomic mass is 10.2. The summed E-state index contributed by atoms with van der Waals surface area (Å²) >= 11 is 15.4. The third-order valence-electron chi connectivity index (χ3n) is 3.60. The van der Waals surface area contributed by atoms with Crippen LogP contribution in [-0.2, 0) is 11.3 Å². The molecule has 0 saturated carbocycles. The van der Waals surface area contributed by atoms with E-state index < -0.39 is 6.04 Å². The first-order chi connectivity index (χ1) is 11.9. The number of anilines is 1. The molecule has 1 aromatic carbocycles. The first-order valence-corrected chi connectivity index (χ1v) is 8.96. The van der Waals surface area contributed by atoms with Crippen LogP contribution in [0.5, 0.6) is 0 Å². The highest BCUT2D eigenvalue weighted by Gasteiger charge is 2.19. The van der Waals surface area contributed by atoms with E-state index in [9.17, 15) is 4.79 Å². The molecule has 2 heterocycles. The van der Waals surface area contributed by atoms with Crippen molar-refractivity contribution in [1.82, 2.24) is 19.6 Å². The zero-order valence-corrected chi connectivity index (χ0v) is 16.3. The Morgan fingerprint density at radius 2 is 2.08 bits per heavy atom. The molecule has 0 aliphatic carbocycles. The van der Waals surface area contributed by atoms with Gasteiger partial charge in [-0.25, -0.2) is 0 Å². The molecule has 0 radical (unpaired) electrons. The quantitative estimate of drug-likeness (QED) is 0.636. The summed E-state index contributed by atoms with van der Waals surface area (Å²) in [4.78, 5) is 12.4. The lowest BCUT2D eigenvalue weighted by Gasteiger charge is -2.11. The van der Waals surface area contributed by atoms with Gasteiger partial charge in [0.25, 0.3) is 0 Å². The second-order valence-corrected chi connectivity index (χ2v) is 7.12. The van der Waals surface area contributed by atoms with Crippen molar-refractivity contribution in [3.05, 3.63) is 62.9 Å². The van der Waals surface area contributed by atoms with E-state index in [-0.39, 0.29) is 5.91 Å². The maximum Gasteiger partial charge on any atom is 0.250 e. The topological polar surface area (TPSA) is 64.7 Å². The normalized spacial score (nSPS) is 12.2. The van der Waals surface area contributed by atoms with Crippen LogP contribution in [0.1, 0.15) is 18.5 Å². The molecule has 3 rings (SSSR count). The van der Waals surface area contributed by atoms with E-state index >= 15 is 0 Å². The zero-order chi connectivity index (χ0) is 18.0. The number of carbonyl (C=O) groups excluding carboxylic acids is 1. The van der Waals surface area contributed by atoms with Crippen LogP contribution in [0.15, 0.2) is 47.3 Å². The fourth-order valence-corrected chi connectivity index (χ4v) is 2.99. The van der Waals surface area contributed by atoms with Crippen molar-refractivity contribution in [2.24, 2.45) is 0 Å². The molecule has 130 valence electrons. The molecule has 0 bridgehead atoms. The molecule has 1 atom stereocenters. The molecule has 3 aromatic rings. The maximum absolute atomic E-state index is 12.4. The van der Waals surface area contributed by atoms with E-state index in [0.717, 1.165) is 5.56 Å². The summed E-state index contributed by atoms with van der Waals surface area (Å²) in [6.07, 6.45) is 4.87. The van der Waals surface area contributed by atoms with E-state index in [1.165, 1.54) is 10.9 Å². The van der Waals surface area contributed by atoms with Gasteiger partial charge in [-0.1, -0.05) is 41.4 Å². The van der Waals surface area contributed by atoms with Gasteiger partial charge in [0.05, 0.1) is 22.2 Å². The predicted octanol–water partition coefficient (Wildman–Crippen LogP) is 4.40. The largest absolute Gasteiger partial charge is 0.306 e. The highest BCUT2D eigenvalue weighted by Crippen LogP contribution is 2.23. The Labute approximate surface area is 162 Å². The number of nitrogens with one attached hydrogen (secondary N) is 1. The Kier molecular flexibility index (Phi) is 5.46. The summed E-state index contributed by atoms with van der Waals surface area (Å²) < 4.78 is 3.88. The number of hydrogen-bond donors (Lipinski definition) is 1. The van der Waals surface area contributed by atoms with Gasteiger partial charge in [0.2, 0.25) is 5.91 Å². The summed E-state index contributed by atoms with van der Waals surface area (Å²) in [5.74, 6) is 0.186. The van der Waals surface area contributed by atoms with Gasteiger partial charge < -0.3 is 5.32 Å². The van der Waals surface area contributed by atoms with Crippen molar-refractivity contribution in [3.8, 4) is 0 Å². The molecule has 0 aliphatic rings. The fraction of sp³-hybridized carbons (Fsp3) is 0.188. The Balaban J connectivity index is 1.72. The number of amides is 1. The van der Waals surface area contributed by atoms with Crippen molar-refractivity contribution < 1.29 is 4.79 Å². The maximum atomic E-state index is 12.4. The van der Waals surface area contributed by atoms with Crippen LogP contribution in [0.4, 0.5) is 5.82 Å². The van der Waals surface area contributed by atoms with E-state index in [2.05, 4.69) is 31.4 Å². The van der Waals surface area contributed by atoms with Crippen LogP contribution in [0.2, 0.25) is 10.0 Å². The summed E-state index contributed by atoms with van der Waals surface area (Å²) in [7, 11) is 0. The van der Waals surface area contributed by atoms with E-state index in [4.69, 9.17) is 23.2 Å². The molecular formula is C16H14BrCl2N5O. The first-order valence-electron chi connectivity index (χ1n) is 7.41. The molecule has 2 aromatic heterocycles. The van der Waals surface area contributed by atoms with Crippen molar-refractivity contribution in [1.29, 1.82) is 0 Å². The molecule has 0 saturated heterocycles. The lowest BCUT2D eigenvalue weighted by molar-refractivity contribution is -0.119. The second kappa shape index (κ2) is 7.59. The molecule has 6 nitrogen and oxygen atoms in total. The average molecular weight is 443 g/mol. The number of hydrogen-bond acceptors (Lipinski definition) is 3. The van der Waals surface area contributed by atoms with Gasteiger partial charge >= 0.3 is 0 Å². The molecule has 1 N–H and O–H groups in total. The lowest BCUT2D eigenvalue weighted by Crippen LogP contribution is -2.24. The minimum atomic E-state index is -0.520. The third kappa shape index (κ3) is 4.23. The van der Waals surface area contributed by atoms with Gasteiger partial charge in [-0.3, -0.25) is 14.2 Å². The Hall–Kier alpha value is -1.83. The summed E-state index contributed by atoms with van der Waals surface area (Å²) in [5, 5.41) is 12.4. The number of carbonyl (C=O) groups is 1. The fourth-order valence-electron chi connectivity index (χ4n) is 2.23. The van der Waals surface area contributed by atoms with Crippen LogP contribution < -0.4 is 5.32 Å². The van der Waals surface area contributed by atoms with Gasteiger partial charge in [-0.2, -0.15) is 10.2 Å². The molecule has 1 unspecified atom stereocenters. The molecule has 1 amide bonds. The van der Waals surface area contributed by atoms with Crippen molar-refractivity contribution in [2.75, 3.05) is 5.32 Å². The number of benzene rings is 1. The predicted molar refractivity (Wildman–Crippen MR) is 101 cm³/mol. The first kappa shape index (κ1) is 18.0. The van der Waals surface area contributed by atoms with Gasteiger partial charge in [-0.15, -0.1) is 0 Å². The van der Waals surface area contributed by atoms with Crippen LogP contribution in [-0.4, -0.2) is 25.5 Å². The Morgan fingerprint density at radius 3 is 2.76 bits per heavy atom. The van der Waals surface area contributed by atoms with Crippen molar-refractivity contribution in [2.45, 2.75) is 19.5 Å². The van der Waals surface area contributed by atoms with Crippen LogP contribution in [0.3, 0.4) is 0 Å². The molecular weight excluding hydrogens is 429 g/mol.